The zero-order valence-corrected chi connectivity index (χ0v) is 26.6. The lowest BCUT2D eigenvalue weighted by Crippen LogP contribution is -2.47. The van der Waals surface area contributed by atoms with Gasteiger partial charge in [-0.15, -0.1) is 0 Å². The predicted octanol–water partition coefficient (Wildman–Crippen LogP) is 7.06. The fourth-order valence-electron chi connectivity index (χ4n) is 4.88. The summed E-state index contributed by atoms with van der Waals surface area (Å²) >= 11 is 0. The molecule has 0 aliphatic carbocycles. The normalized spacial score (nSPS) is 11.8. The molecular formula is C34H42O3P2Si. The summed E-state index contributed by atoms with van der Waals surface area (Å²) in [5.41, 5.74) is 0. The first kappa shape index (κ1) is 30.8. The lowest BCUT2D eigenvalue weighted by Gasteiger charge is -2.31. The van der Waals surface area contributed by atoms with Gasteiger partial charge in [0.1, 0.15) is 0 Å². The van der Waals surface area contributed by atoms with E-state index in [1.54, 1.807) is 0 Å². The van der Waals surface area contributed by atoms with E-state index in [1.807, 2.05) is 13.8 Å². The molecule has 0 N–H and O–H groups in total. The molecule has 0 aliphatic heterocycles. The monoisotopic (exact) mass is 588 g/mol. The van der Waals surface area contributed by atoms with E-state index in [9.17, 15) is 0 Å². The van der Waals surface area contributed by atoms with Gasteiger partial charge in [-0.25, -0.2) is 0 Å². The highest BCUT2D eigenvalue weighted by Gasteiger charge is 2.41. The molecule has 0 heterocycles. The summed E-state index contributed by atoms with van der Waals surface area (Å²) in [4.78, 5) is 0. The number of rotatable bonds is 17. The van der Waals surface area contributed by atoms with Crippen LogP contribution in [0.25, 0.3) is 0 Å². The molecule has 40 heavy (non-hydrogen) atoms. The van der Waals surface area contributed by atoms with Gasteiger partial charge in [0.05, 0.1) is 0 Å². The van der Waals surface area contributed by atoms with E-state index >= 15 is 0 Å². The summed E-state index contributed by atoms with van der Waals surface area (Å²) in [6.45, 7) is 5.98. The van der Waals surface area contributed by atoms with Gasteiger partial charge < -0.3 is 13.3 Å². The van der Waals surface area contributed by atoms with Crippen molar-refractivity contribution in [3.8, 4) is 0 Å². The second kappa shape index (κ2) is 16.9. The van der Waals surface area contributed by atoms with Gasteiger partial charge in [0.25, 0.3) is 0 Å². The molecule has 0 spiro atoms. The topological polar surface area (TPSA) is 27.7 Å². The van der Waals surface area contributed by atoms with E-state index in [1.165, 1.54) is 21.2 Å². The van der Waals surface area contributed by atoms with Gasteiger partial charge >= 0.3 is 8.80 Å². The Balaban J connectivity index is 1.40. The maximum absolute atomic E-state index is 6.64. The van der Waals surface area contributed by atoms with Crippen LogP contribution in [0.15, 0.2) is 121 Å². The molecule has 4 aromatic rings. The molecule has 0 amide bonds. The fourth-order valence-corrected chi connectivity index (χ4v) is 13.2. The Morgan fingerprint density at radius 3 is 1.23 bits per heavy atom. The zero-order chi connectivity index (χ0) is 27.9. The maximum Gasteiger partial charge on any atom is 0.501 e. The molecule has 6 heteroatoms. The summed E-state index contributed by atoms with van der Waals surface area (Å²) in [5, 5.41) is 5.64. The smallest absolute Gasteiger partial charge is 0.374 e. The first-order chi connectivity index (χ1) is 19.7. The first-order valence-electron chi connectivity index (χ1n) is 14.4. The van der Waals surface area contributed by atoms with Crippen molar-refractivity contribution in [2.24, 2.45) is 0 Å². The van der Waals surface area contributed by atoms with Crippen molar-refractivity contribution < 1.29 is 13.3 Å². The highest BCUT2D eigenvalue weighted by molar-refractivity contribution is 7.73. The van der Waals surface area contributed by atoms with Crippen molar-refractivity contribution >= 4 is 45.9 Å². The Bertz CT molecular complexity index is 1130. The summed E-state index contributed by atoms with van der Waals surface area (Å²) < 4.78 is 19.4. The van der Waals surface area contributed by atoms with Gasteiger partial charge in [0, 0.05) is 25.9 Å². The second-order valence-electron chi connectivity index (χ2n) is 9.50. The van der Waals surface area contributed by atoms with Crippen molar-refractivity contribution in [1.29, 1.82) is 0 Å². The van der Waals surface area contributed by atoms with E-state index in [-0.39, 0.29) is 7.92 Å². The van der Waals surface area contributed by atoms with E-state index < -0.39 is 16.7 Å². The van der Waals surface area contributed by atoms with Crippen LogP contribution in [0.2, 0.25) is 6.04 Å². The number of benzene rings is 4. The maximum atomic E-state index is 6.64. The molecule has 4 rings (SSSR count). The van der Waals surface area contributed by atoms with Crippen LogP contribution in [0, 0.1) is 0 Å². The van der Waals surface area contributed by atoms with Gasteiger partial charge in [-0.1, -0.05) is 121 Å². The lowest BCUT2D eigenvalue weighted by atomic mass is 10.3. The summed E-state index contributed by atoms with van der Waals surface area (Å²) in [6, 6.07) is 44.5. The van der Waals surface area contributed by atoms with Gasteiger partial charge in [0.15, 0.2) is 0 Å². The van der Waals surface area contributed by atoms with Crippen LogP contribution >= 0.6 is 15.8 Å². The Morgan fingerprint density at radius 1 is 0.475 bits per heavy atom. The Hall–Kier alpha value is -2.16. The molecule has 210 valence electrons. The molecule has 0 saturated carbocycles. The van der Waals surface area contributed by atoms with Crippen molar-refractivity contribution in [3.05, 3.63) is 121 Å². The van der Waals surface area contributed by atoms with Crippen molar-refractivity contribution in [2.75, 3.05) is 32.1 Å². The molecule has 0 fully saturated rings. The summed E-state index contributed by atoms with van der Waals surface area (Å²) in [7, 11) is -3.71. The average molecular weight is 589 g/mol. The largest absolute Gasteiger partial charge is 0.501 e. The fraction of sp³-hybridized carbons (Fsp3) is 0.294. The van der Waals surface area contributed by atoms with E-state index in [0.29, 0.717) is 19.8 Å². The van der Waals surface area contributed by atoms with Gasteiger partial charge in [-0.05, 0) is 76.1 Å². The average Bonchev–Trinajstić information content (AvgIpc) is 3.01. The van der Waals surface area contributed by atoms with Crippen molar-refractivity contribution in [1.82, 2.24) is 0 Å². The van der Waals surface area contributed by atoms with Crippen LogP contribution in [0.5, 0.6) is 0 Å². The van der Waals surface area contributed by atoms with Crippen LogP contribution in [0.1, 0.15) is 26.7 Å². The minimum atomic E-state index is -2.81. The van der Waals surface area contributed by atoms with Crippen LogP contribution in [-0.2, 0) is 13.3 Å². The second-order valence-corrected chi connectivity index (χ2v) is 16.9. The molecular weight excluding hydrogens is 546 g/mol. The molecule has 0 saturated heterocycles. The molecule has 0 radical (unpaired) electrons. The standard InChI is InChI=1S/C34H42O3P2Si/c1-3-35-40(36-4-2,30-29-39(33-23-13-7-14-24-33)34-25-15-8-16-26-34)37-27-17-18-28-38(31-19-9-5-10-20-31)32-21-11-6-12-22-32/h5-16,19-26H,3-4,17-18,27-30H2,1-2H3. The molecule has 4 aromatic carbocycles. The zero-order valence-electron chi connectivity index (χ0n) is 23.8. The Morgan fingerprint density at radius 2 is 0.850 bits per heavy atom. The van der Waals surface area contributed by atoms with E-state index in [0.717, 1.165) is 31.2 Å². The minimum Gasteiger partial charge on any atom is -0.374 e. The number of unbranched alkanes of at least 4 members (excludes halogenated alkanes) is 1. The number of hydrogen-bond donors (Lipinski definition) is 0. The molecule has 3 nitrogen and oxygen atoms in total. The van der Waals surface area contributed by atoms with Crippen LogP contribution in [0.3, 0.4) is 0 Å². The van der Waals surface area contributed by atoms with Crippen molar-refractivity contribution in [2.45, 2.75) is 32.7 Å². The predicted molar refractivity (Wildman–Crippen MR) is 177 cm³/mol. The van der Waals surface area contributed by atoms with E-state index in [4.69, 9.17) is 13.3 Å². The van der Waals surface area contributed by atoms with Crippen molar-refractivity contribution in [3.63, 3.8) is 0 Å². The molecule has 0 bridgehead atoms. The Kier molecular flexibility index (Phi) is 13.0. The summed E-state index contributed by atoms with van der Waals surface area (Å²) in [5.74, 6) is 0. The summed E-state index contributed by atoms with van der Waals surface area (Å²) in [6.07, 6.45) is 4.25. The SMILES string of the molecule is CCO[Si](CCP(c1ccccc1)c1ccccc1)(OCC)OCCCCP(c1ccccc1)c1ccccc1. The van der Waals surface area contributed by atoms with Crippen LogP contribution in [-0.4, -0.2) is 40.9 Å². The highest BCUT2D eigenvalue weighted by atomic mass is 31.1. The minimum absolute atomic E-state index is 0.380. The third-order valence-corrected chi connectivity index (χ3v) is 15.2. The first-order valence-corrected chi connectivity index (χ1v) is 19.4. The van der Waals surface area contributed by atoms with Crippen LogP contribution < -0.4 is 21.2 Å². The molecule has 0 unspecified atom stereocenters. The van der Waals surface area contributed by atoms with Gasteiger partial charge in [-0.3, -0.25) is 0 Å². The number of hydrogen-bond acceptors (Lipinski definition) is 3. The third kappa shape index (κ3) is 9.18. The quantitative estimate of drug-likeness (QED) is 0.0751. The highest BCUT2D eigenvalue weighted by Crippen LogP contribution is 2.37. The Labute approximate surface area is 244 Å². The lowest BCUT2D eigenvalue weighted by molar-refractivity contribution is 0.0675. The van der Waals surface area contributed by atoms with E-state index in [2.05, 4.69) is 121 Å². The van der Waals surface area contributed by atoms with Gasteiger partial charge in [0.2, 0.25) is 0 Å². The third-order valence-electron chi connectivity index (χ3n) is 6.74. The van der Waals surface area contributed by atoms with Crippen LogP contribution in [0.4, 0.5) is 0 Å². The molecule has 0 aromatic heterocycles. The van der Waals surface area contributed by atoms with Gasteiger partial charge in [-0.2, -0.15) is 0 Å². The molecule has 0 atom stereocenters. The molecule has 0 aliphatic rings.